The maximum absolute atomic E-state index is 11.9. The van der Waals surface area contributed by atoms with Crippen LogP contribution in [0.4, 0.5) is 13.2 Å². The van der Waals surface area contributed by atoms with Crippen LogP contribution in [0.5, 0.6) is 0 Å². The van der Waals surface area contributed by atoms with E-state index in [1.807, 2.05) is 0 Å². The summed E-state index contributed by atoms with van der Waals surface area (Å²) in [6, 6.07) is 0. The van der Waals surface area contributed by atoms with Gasteiger partial charge in [-0.3, -0.25) is 0 Å². The number of alkyl halides is 3. The van der Waals surface area contributed by atoms with E-state index in [9.17, 15) is 21.6 Å². The Labute approximate surface area is 84.8 Å². The van der Waals surface area contributed by atoms with E-state index in [-0.39, 0.29) is 19.0 Å². The summed E-state index contributed by atoms with van der Waals surface area (Å²) in [7, 11) is -5.55. The van der Waals surface area contributed by atoms with E-state index in [0.717, 1.165) is 0 Å². The smallest absolute Gasteiger partial charge is 0.380 e. The molecule has 1 unspecified atom stereocenters. The van der Waals surface area contributed by atoms with Gasteiger partial charge in [0.05, 0.1) is 13.2 Å². The monoisotopic (exact) mass is 246 g/mol. The van der Waals surface area contributed by atoms with Gasteiger partial charge in [-0.1, -0.05) is 6.92 Å². The third-order valence-corrected chi connectivity index (χ3v) is 2.72. The Kier molecular flexibility index (Phi) is 3.29. The molecule has 15 heavy (non-hydrogen) atoms. The van der Waals surface area contributed by atoms with Crippen molar-refractivity contribution in [1.82, 2.24) is 0 Å². The third kappa shape index (κ3) is 2.85. The van der Waals surface area contributed by atoms with Gasteiger partial charge in [0.25, 0.3) is 0 Å². The summed E-state index contributed by atoms with van der Waals surface area (Å²) in [6.07, 6.45) is 1.18. The van der Waals surface area contributed by atoms with Gasteiger partial charge in [0.1, 0.15) is 5.76 Å². The predicted octanol–water partition coefficient (Wildman–Crippen LogP) is 1.40. The molecule has 0 fully saturated rings. The van der Waals surface area contributed by atoms with Crippen molar-refractivity contribution < 1.29 is 30.5 Å². The SMILES string of the molecule is CC1COCC=C1OS(=O)(=O)C(F)(F)F. The minimum atomic E-state index is -5.55. The van der Waals surface area contributed by atoms with Crippen molar-refractivity contribution in [2.75, 3.05) is 13.2 Å². The first kappa shape index (κ1) is 12.3. The van der Waals surface area contributed by atoms with Crippen LogP contribution < -0.4 is 0 Å². The molecule has 0 saturated heterocycles. The van der Waals surface area contributed by atoms with Crippen molar-refractivity contribution in [2.24, 2.45) is 5.92 Å². The fourth-order valence-corrected chi connectivity index (χ4v) is 1.54. The highest BCUT2D eigenvalue weighted by molar-refractivity contribution is 7.87. The highest BCUT2D eigenvalue weighted by Crippen LogP contribution is 2.29. The van der Waals surface area contributed by atoms with Gasteiger partial charge in [-0.25, -0.2) is 0 Å². The van der Waals surface area contributed by atoms with Crippen LogP contribution in [0.3, 0.4) is 0 Å². The maximum Gasteiger partial charge on any atom is 0.534 e. The molecule has 0 aromatic rings. The van der Waals surface area contributed by atoms with E-state index in [1.165, 1.54) is 13.0 Å². The summed E-state index contributed by atoms with van der Waals surface area (Å²) in [4.78, 5) is 0. The lowest BCUT2D eigenvalue weighted by Crippen LogP contribution is -2.28. The molecule has 4 nitrogen and oxygen atoms in total. The Morgan fingerprint density at radius 3 is 2.60 bits per heavy atom. The quantitative estimate of drug-likeness (QED) is 0.546. The molecule has 1 aliphatic rings. The molecule has 0 N–H and O–H groups in total. The van der Waals surface area contributed by atoms with Crippen molar-refractivity contribution in [3.63, 3.8) is 0 Å². The van der Waals surface area contributed by atoms with Crippen LogP contribution in [0, 0.1) is 5.92 Å². The number of hydrogen-bond donors (Lipinski definition) is 0. The van der Waals surface area contributed by atoms with Crippen LogP contribution in [0.1, 0.15) is 6.92 Å². The molecule has 0 amide bonds. The van der Waals surface area contributed by atoms with Gasteiger partial charge in [0, 0.05) is 5.92 Å². The maximum atomic E-state index is 11.9. The molecule has 1 rings (SSSR count). The van der Waals surface area contributed by atoms with Crippen LogP contribution in [0.15, 0.2) is 11.8 Å². The molecule has 88 valence electrons. The molecule has 1 heterocycles. The Bertz CT molecular complexity index is 357. The zero-order chi connectivity index (χ0) is 11.7. The Morgan fingerprint density at radius 2 is 2.13 bits per heavy atom. The molecule has 8 heteroatoms. The summed E-state index contributed by atoms with van der Waals surface area (Å²) in [5.74, 6) is -0.727. The number of halogens is 3. The Hall–Kier alpha value is -0.760. The lowest BCUT2D eigenvalue weighted by atomic mass is 10.1. The topological polar surface area (TPSA) is 52.6 Å². The van der Waals surface area contributed by atoms with Crippen LogP contribution in [0.2, 0.25) is 0 Å². The molecule has 0 aliphatic carbocycles. The Balaban J connectivity index is 2.82. The third-order valence-electron chi connectivity index (χ3n) is 1.75. The Morgan fingerprint density at radius 1 is 1.53 bits per heavy atom. The van der Waals surface area contributed by atoms with E-state index < -0.39 is 21.5 Å². The van der Waals surface area contributed by atoms with Crippen molar-refractivity contribution in [1.29, 1.82) is 0 Å². The minimum absolute atomic E-state index is 0.0487. The van der Waals surface area contributed by atoms with Crippen molar-refractivity contribution >= 4 is 10.1 Å². The van der Waals surface area contributed by atoms with Crippen LogP contribution in [-0.4, -0.2) is 27.1 Å². The van der Waals surface area contributed by atoms with Crippen LogP contribution >= 0.6 is 0 Å². The highest BCUT2D eigenvalue weighted by atomic mass is 32.2. The fourth-order valence-electron chi connectivity index (χ4n) is 0.959. The van der Waals surface area contributed by atoms with Gasteiger partial charge in [0.15, 0.2) is 0 Å². The number of rotatable bonds is 2. The first-order valence-corrected chi connectivity index (χ1v) is 5.43. The number of ether oxygens (including phenoxy) is 1. The molecule has 1 aliphatic heterocycles. The van der Waals surface area contributed by atoms with E-state index in [0.29, 0.717) is 0 Å². The second kappa shape index (κ2) is 4.01. The second-order valence-corrected chi connectivity index (χ2v) is 4.57. The number of hydrogen-bond acceptors (Lipinski definition) is 4. The summed E-state index contributed by atoms with van der Waals surface area (Å²) < 4.78 is 66.0. The molecule has 0 spiro atoms. The molecule has 0 bridgehead atoms. The van der Waals surface area contributed by atoms with E-state index in [1.54, 1.807) is 0 Å². The average molecular weight is 246 g/mol. The fraction of sp³-hybridized carbons (Fsp3) is 0.714. The predicted molar refractivity (Wildman–Crippen MR) is 44.1 cm³/mol. The van der Waals surface area contributed by atoms with E-state index in [4.69, 9.17) is 4.74 Å². The zero-order valence-corrected chi connectivity index (χ0v) is 8.56. The summed E-state index contributed by atoms with van der Waals surface area (Å²) in [5, 5.41) is 0. The second-order valence-electron chi connectivity index (χ2n) is 3.03. The summed E-state index contributed by atoms with van der Waals surface area (Å²) in [5.41, 5.74) is -5.40. The van der Waals surface area contributed by atoms with Gasteiger partial charge >= 0.3 is 15.6 Å². The van der Waals surface area contributed by atoms with Crippen molar-refractivity contribution in [3.8, 4) is 0 Å². The molecule has 0 radical (unpaired) electrons. The summed E-state index contributed by atoms with van der Waals surface area (Å²) >= 11 is 0. The summed E-state index contributed by atoms with van der Waals surface area (Å²) in [6.45, 7) is 1.70. The standard InChI is InChI=1S/C7H9F3O4S/c1-5-4-13-3-2-6(5)14-15(11,12)7(8,9)10/h2,5H,3-4H2,1H3. The average Bonchev–Trinajstić information content (AvgIpc) is 2.06. The molecule has 0 saturated carbocycles. The zero-order valence-electron chi connectivity index (χ0n) is 7.74. The van der Waals surface area contributed by atoms with Gasteiger partial charge in [-0.15, -0.1) is 0 Å². The van der Waals surface area contributed by atoms with Crippen molar-refractivity contribution in [3.05, 3.63) is 11.8 Å². The first-order chi connectivity index (χ1) is 6.74. The lowest BCUT2D eigenvalue weighted by Gasteiger charge is -2.21. The molecule has 0 aromatic heterocycles. The molecule has 0 aromatic carbocycles. The highest BCUT2D eigenvalue weighted by Gasteiger charge is 2.49. The lowest BCUT2D eigenvalue weighted by molar-refractivity contribution is -0.0533. The van der Waals surface area contributed by atoms with Crippen LogP contribution in [-0.2, 0) is 19.0 Å². The van der Waals surface area contributed by atoms with Gasteiger partial charge in [-0.05, 0) is 6.08 Å². The largest absolute Gasteiger partial charge is 0.534 e. The normalized spacial score (nSPS) is 23.5. The van der Waals surface area contributed by atoms with E-state index in [2.05, 4.69) is 4.18 Å². The first-order valence-electron chi connectivity index (χ1n) is 4.02. The molecular formula is C7H9F3O4S. The van der Waals surface area contributed by atoms with Crippen LogP contribution in [0.25, 0.3) is 0 Å². The van der Waals surface area contributed by atoms with Gasteiger partial charge in [-0.2, -0.15) is 21.6 Å². The van der Waals surface area contributed by atoms with Gasteiger partial charge in [0.2, 0.25) is 0 Å². The van der Waals surface area contributed by atoms with Gasteiger partial charge < -0.3 is 8.92 Å². The van der Waals surface area contributed by atoms with Crippen molar-refractivity contribution in [2.45, 2.75) is 12.4 Å². The molecule has 1 atom stereocenters. The molecular weight excluding hydrogens is 237 g/mol. The minimum Gasteiger partial charge on any atom is -0.380 e. The van der Waals surface area contributed by atoms with E-state index >= 15 is 0 Å².